The molecule has 0 saturated carbocycles. The van der Waals surface area contributed by atoms with Crippen molar-refractivity contribution in [3.63, 3.8) is 0 Å². The lowest BCUT2D eigenvalue weighted by Gasteiger charge is -2.17. The Balaban J connectivity index is 2.04. The summed E-state index contributed by atoms with van der Waals surface area (Å²) in [5.41, 5.74) is 3.71. The Morgan fingerprint density at radius 1 is 1.20 bits per heavy atom. The third kappa shape index (κ3) is 3.62. The molecule has 2 aromatic rings. The fraction of sp³-hybridized carbons (Fsp3) is 0.294. The van der Waals surface area contributed by atoms with Gasteiger partial charge in [0.1, 0.15) is 5.75 Å². The van der Waals surface area contributed by atoms with Crippen LogP contribution < -0.4 is 10.1 Å². The molecular formula is C17H20BrNO. The second-order valence-corrected chi connectivity index (χ2v) is 5.78. The number of rotatable bonds is 5. The van der Waals surface area contributed by atoms with Crippen molar-refractivity contribution < 1.29 is 4.74 Å². The molecule has 0 fully saturated rings. The normalized spacial score (nSPS) is 12.2. The van der Waals surface area contributed by atoms with Gasteiger partial charge in [-0.1, -0.05) is 46.3 Å². The van der Waals surface area contributed by atoms with Crippen LogP contribution in [0.2, 0.25) is 0 Å². The molecule has 0 aliphatic carbocycles. The highest BCUT2D eigenvalue weighted by molar-refractivity contribution is 9.10. The maximum absolute atomic E-state index is 5.41. The molecule has 0 heterocycles. The lowest BCUT2D eigenvalue weighted by Crippen LogP contribution is -2.18. The van der Waals surface area contributed by atoms with Gasteiger partial charge in [0.15, 0.2) is 0 Å². The Morgan fingerprint density at radius 3 is 2.65 bits per heavy atom. The van der Waals surface area contributed by atoms with Crippen LogP contribution in [0.5, 0.6) is 5.75 Å². The van der Waals surface area contributed by atoms with Crippen LogP contribution in [-0.4, -0.2) is 7.11 Å². The van der Waals surface area contributed by atoms with Crippen molar-refractivity contribution in [2.45, 2.75) is 26.4 Å². The quantitative estimate of drug-likeness (QED) is 0.862. The van der Waals surface area contributed by atoms with Crippen LogP contribution in [0.1, 0.15) is 29.7 Å². The topological polar surface area (TPSA) is 21.3 Å². The second kappa shape index (κ2) is 6.91. The van der Waals surface area contributed by atoms with E-state index >= 15 is 0 Å². The summed E-state index contributed by atoms with van der Waals surface area (Å²) in [4.78, 5) is 0. The Morgan fingerprint density at radius 2 is 1.95 bits per heavy atom. The summed E-state index contributed by atoms with van der Waals surface area (Å²) < 4.78 is 6.56. The van der Waals surface area contributed by atoms with Crippen molar-refractivity contribution in [1.29, 1.82) is 0 Å². The lowest BCUT2D eigenvalue weighted by atomic mass is 10.1. The minimum atomic E-state index is 0.242. The summed E-state index contributed by atoms with van der Waals surface area (Å²) in [5, 5.41) is 3.54. The Bertz CT molecular complexity index is 583. The van der Waals surface area contributed by atoms with Gasteiger partial charge in [-0.2, -0.15) is 0 Å². The molecule has 0 bridgehead atoms. The Hall–Kier alpha value is -1.32. The molecule has 2 nitrogen and oxygen atoms in total. The monoisotopic (exact) mass is 333 g/mol. The molecule has 3 heteroatoms. The maximum Gasteiger partial charge on any atom is 0.123 e. The van der Waals surface area contributed by atoms with Gasteiger partial charge in [0.05, 0.1) is 7.11 Å². The van der Waals surface area contributed by atoms with Gasteiger partial charge in [0.2, 0.25) is 0 Å². The predicted molar refractivity (Wildman–Crippen MR) is 87.1 cm³/mol. The zero-order valence-electron chi connectivity index (χ0n) is 12.1. The highest BCUT2D eigenvalue weighted by Crippen LogP contribution is 2.25. The zero-order valence-corrected chi connectivity index (χ0v) is 13.7. The van der Waals surface area contributed by atoms with Crippen LogP contribution >= 0.6 is 15.9 Å². The van der Waals surface area contributed by atoms with Gasteiger partial charge in [-0.15, -0.1) is 0 Å². The van der Waals surface area contributed by atoms with Gasteiger partial charge in [0.25, 0.3) is 0 Å². The molecule has 2 rings (SSSR count). The van der Waals surface area contributed by atoms with Gasteiger partial charge in [-0.3, -0.25) is 0 Å². The van der Waals surface area contributed by atoms with E-state index in [1.807, 2.05) is 18.2 Å². The summed E-state index contributed by atoms with van der Waals surface area (Å²) in [7, 11) is 1.71. The summed E-state index contributed by atoms with van der Waals surface area (Å²) in [6.45, 7) is 5.08. The van der Waals surface area contributed by atoms with Crippen LogP contribution in [0.3, 0.4) is 0 Å². The minimum absolute atomic E-state index is 0.242. The van der Waals surface area contributed by atoms with Crippen molar-refractivity contribution in [3.8, 4) is 5.75 Å². The Kier molecular flexibility index (Phi) is 5.21. The van der Waals surface area contributed by atoms with Crippen LogP contribution in [0.25, 0.3) is 0 Å². The molecule has 1 N–H and O–H groups in total. The van der Waals surface area contributed by atoms with Crippen LogP contribution in [-0.2, 0) is 6.54 Å². The van der Waals surface area contributed by atoms with Crippen molar-refractivity contribution >= 4 is 15.9 Å². The van der Waals surface area contributed by atoms with Gasteiger partial charge in [-0.05, 0) is 37.1 Å². The molecule has 0 aliphatic rings. The molecule has 2 aromatic carbocycles. The number of aryl methyl sites for hydroxylation is 1. The van der Waals surface area contributed by atoms with E-state index in [4.69, 9.17) is 4.74 Å². The van der Waals surface area contributed by atoms with Crippen molar-refractivity contribution in [2.24, 2.45) is 0 Å². The van der Waals surface area contributed by atoms with E-state index in [1.165, 1.54) is 16.7 Å². The molecule has 0 saturated heterocycles. The first-order chi connectivity index (χ1) is 9.61. The number of halogens is 1. The molecule has 1 unspecified atom stereocenters. The van der Waals surface area contributed by atoms with Gasteiger partial charge >= 0.3 is 0 Å². The molecule has 0 amide bonds. The number of ether oxygens (including phenoxy) is 1. The summed E-state index contributed by atoms with van der Waals surface area (Å²) in [6.07, 6.45) is 0. The number of para-hydroxylation sites is 1. The molecule has 106 valence electrons. The van der Waals surface area contributed by atoms with E-state index in [9.17, 15) is 0 Å². The molecule has 0 radical (unpaired) electrons. The molecule has 0 spiro atoms. The first-order valence-electron chi connectivity index (χ1n) is 6.73. The standard InChI is InChI=1S/C17H20BrNO/c1-12-8-9-14(10-16(12)18)11-19-13(2)15-6-4-5-7-17(15)20-3/h4-10,13,19H,11H2,1-3H3. The first kappa shape index (κ1) is 15.1. The van der Waals surface area contributed by atoms with E-state index in [-0.39, 0.29) is 6.04 Å². The van der Waals surface area contributed by atoms with E-state index in [1.54, 1.807) is 7.11 Å². The van der Waals surface area contributed by atoms with E-state index in [0.29, 0.717) is 0 Å². The van der Waals surface area contributed by atoms with Crippen molar-refractivity contribution in [3.05, 3.63) is 63.6 Å². The summed E-state index contributed by atoms with van der Waals surface area (Å²) >= 11 is 3.57. The number of methoxy groups -OCH3 is 1. The first-order valence-corrected chi connectivity index (χ1v) is 7.52. The van der Waals surface area contributed by atoms with Crippen LogP contribution in [0, 0.1) is 6.92 Å². The number of hydrogen-bond donors (Lipinski definition) is 1. The average molecular weight is 334 g/mol. The van der Waals surface area contributed by atoms with E-state index < -0.39 is 0 Å². The van der Waals surface area contributed by atoms with E-state index in [0.717, 1.165) is 16.8 Å². The predicted octanol–water partition coefficient (Wildman–Crippen LogP) is 4.62. The Labute approximate surface area is 129 Å². The minimum Gasteiger partial charge on any atom is -0.496 e. The third-order valence-electron chi connectivity index (χ3n) is 3.45. The van der Waals surface area contributed by atoms with Crippen molar-refractivity contribution in [1.82, 2.24) is 5.32 Å². The molecule has 0 aromatic heterocycles. The van der Waals surface area contributed by atoms with Crippen molar-refractivity contribution in [2.75, 3.05) is 7.11 Å². The molecular weight excluding hydrogens is 314 g/mol. The summed E-state index contributed by atoms with van der Waals surface area (Å²) in [5.74, 6) is 0.928. The lowest BCUT2D eigenvalue weighted by molar-refractivity contribution is 0.401. The van der Waals surface area contributed by atoms with Gasteiger partial charge in [-0.25, -0.2) is 0 Å². The highest BCUT2D eigenvalue weighted by Gasteiger charge is 2.10. The molecule has 1 atom stereocenters. The zero-order chi connectivity index (χ0) is 14.5. The van der Waals surface area contributed by atoms with Crippen LogP contribution in [0.15, 0.2) is 46.9 Å². The second-order valence-electron chi connectivity index (χ2n) is 4.93. The number of nitrogens with one attached hydrogen (secondary N) is 1. The fourth-order valence-corrected chi connectivity index (χ4v) is 2.58. The highest BCUT2D eigenvalue weighted by atomic mass is 79.9. The summed E-state index contributed by atoms with van der Waals surface area (Å²) in [6, 6.07) is 14.8. The largest absolute Gasteiger partial charge is 0.496 e. The van der Waals surface area contributed by atoms with E-state index in [2.05, 4.69) is 59.4 Å². The third-order valence-corrected chi connectivity index (χ3v) is 4.31. The number of benzene rings is 2. The number of hydrogen-bond acceptors (Lipinski definition) is 2. The fourth-order valence-electron chi connectivity index (χ4n) is 2.15. The van der Waals surface area contributed by atoms with Gasteiger partial charge < -0.3 is 10.1 Å². The smallest absolute Gasteiger partial charge is 0.123 e. The van der Waals surface area contributed by atoms with Crippen LogP contribution in [0.4, 0.5) is 0 Å². The average Bonchev–Trinajstić information content (AvgIpc) is 2.48. The molecule has 0 aliphatic heterocycles. The maximum atomic E-state index is 5.41. The van der Waals surface area contributed by atoms with Gasteiger partial charge in [0, 0.05) is 22.6 Å². The molecule has 20 heavy (non-hydrogen) atoms. The SMILES string of the molecule is COc1ccccc1C(C)NCc1ccc(C)c(Br)c1.